The number of anilines is 1. The Morgan fingerprint density at radius 1 is 1.30 bits per heavy atom. The summed E-state index contributed by atoms with van der Waals surface area (Å²) in [5, 5.41) is 1.08. The number of hydrogen-bond acceptors (Lipinski definition) is 5. The predicted octanol–water partition coefficient (Wildman–Crippen LogP) is 3.99. The molecule has 1 atom stereocenters. The summed E-state index contributed by atoms with van der Waals surface area (Å²) in [5.41, 5.74) is 1.75. The summed E-state index contributed by atoms with van der Waals surface area (Å²) in [7, 11) is 0. The molecule has 7 heteroatoms. The van der Waals surface area contributed by atoms with Gasteiger partial charge in [-0.05, 0) is 38.0 Å². The van der Waals surface area contributed by atoms with Crippen LogP contribution in [0.3, 0.4) is 0 Å². The maximum absolute atomic E-state index is 13.1. The average molecular weight is 400 g/mol. The van der Waals surface area contributed by atoms with Crippen molar-refractivity contribution in [3.63, 3.8) is 0 Å². The molecule has 0 unspecified atom stereocenters. The lowest BCUT2D eigenvalue weighted by Gasteiger charge is -2.22. The van der Waals surface area contributed by atoms with Gasteiger partial charge in [0.2, 0.25) is 5.91 Å². The van der Waals surface area contributed by atoms with Crippen LogP contribution in [-0.2, 0) is 11.3 Å². The SMILES string of the molecule is Cc1sc2ncn(CC(=O)N3CC[C@@H](C)Sc4ccccc43)c(=O)c2c1C. The Morgan fingerprint density at radius 3 is 2.89 bits per heavy atom. The van der Waals surface area contributed by atoms with Crippen LogP contribution in [-0.4, -0.2) is 27.3 Å². The summed E-state index contributed by atoms with van der Waals surface area (Å²) < 4.78 is 1.44. The van der Waals surface area contributed by atoms with Gasteiger partial charge in [0.1, 0.15) is 11.4 Å². The highest BCUT2D eigenvalue weighted by Crippen LogP contribution is 2.37. The maximum Gasteiger partial charge on any atom is 0.262 e. The van der Waals surface area contributed by atoms with E-state index in [9.17, 15) is 9.59 Å². The number of para-hydroxylation sites is 1. The lowest BCUT2D eigenvalue weighted by molar-refractivity contribution is -0.119. The monoisotopic (exact) mass is 399 g/mol. The van der Waals surface area contributed by atoms with Gasteiger partial charge in [-0.3, -0.25) is 14.2 Å². The lowest BCUT2D eigenvalue weighted by atomic mass is 10.2. The Labute approximate surface area is 166 Å². The molecule has 3 aromatic rings. The lowest BCUT2D eigenvalue weighted by Crippen LogP contribution is -2.37. The van der Waals surface area contributed by atoms with E-state index >= 15 is 0 Å². The zero-order valence-corrected chi connectivity index (χ0v) is 17.2. The minimum atomic E-state index is -0.138. The maximum atomic E-state index is 13.1. The van der Waals surface area contributed by atoms with Crippen LogP contribution in [0.5, 0.6) is 0 Å². The van der Waals surface area contributed by atoms with Gasteiger partial charge in [-0.15, -0.1) is 23.1 Å². The number of amides is 1. The van der Waals surface area contributed by atoms with Crippen molar-refractivity contribution >= 4 is 44.9 Å². The summed E-state index contributed by atoms with van der Waals surface area (Å²) in [6.07, 6.45) is 2.42. The summed E-state index contributed by atoms with van der Waals surface area (Å²) >= 11 is 3.32. The normalized spacial score (nSPS) is 17.0. The second-order valence-electron chi connectivity index (χ2n) is 6.87. The Kier molecular flexibility index (Phi) is 4.82. The van der Waals surface area contributed by atoms with Gasteiger partial charge in [0.05, 0.1) is 17.4 Å². The first-order valence-corrected chi connectivity index (χ1v) is 10.7. The van der Waals surface area contributed by atoms with Gasteiger partial charge < -0.3 is 4.90 Å². The molecule has 3 heterocycles. The molecule has 5 nitrogen and oxygen atoms in total. The molecule has 140 valence electrons. The molecule has 0 radical (unpaired) electrons. The minimum absolute atomic E-state index is 0.00346. The van der Waals surface area contributed by atoms with Crippen LogP contribution in [0.25, 0.3) is 10.2 Å². The van der Waals surface area contributed by atoms with Crippen LogP contribution < -0.4 is 10.5 Å². The van der Waals surface area contributed by atoms with Crippen LogP contribution in [0.1, 0.15) is 23.8 Å². The number of thiophene rings is 1. The van der Waals surface area contributed by atoms with Gasteiger partial charge in [-0.25, -0.2) is 4.98 Å². The Balaban J connectivity index is 1.69. The van der Waals surface area contributed by atoms with Crippen LogP contribution in [0.2, 0.25) is 0 Å². The number of fused-ring (bicyclic) bond motifs is 2. The Hall–Kier alpha value is -2.12. The first kappa shape index (κ1) is 18.3. The molecule has 1 aliphatic heterocycles. The van der Waals surface area contributed by atoms with Gasteiger partial charge in [-0.1, -0.05) is 19.1 Å². The third-order valence-corrected chi connectivity index (χ3v) is 7.36. The number of aromatic nitrogens is 2. The van der Waals surface area contributed by atoms with Crippen molar-refractivity contribution in [2.45, 2.75) is 43.9 Å². The van der Waals surface area contributed by atoms with Gasteiger partial charge in [0, 0.05) is 21.6 Å². The fourth-order valence-corrected chi connectivity index (χ4v) is 5.46. The number of carbonyl (C=O) groups is 1. The molecule has 0 aliphatic carbocycles. The van der Waals surface area contributed by atoms with Crippen molar-refractivity contribution in [2.24, 2.45) is 0 Å². The summed E-state index contributed by atoms with van der Waals surface area (Å²) in [4.78, 5) is 35.2. The van der Waals surface area contributed by atoms with Crippen molar-refractivity contribution < 1.29 is 4.79 Å². The summed E-state index contributed by atoms with van der Waals surface area (Å²) in [6.45, 7) is 6.77. The number of aryl methyl sites for hydroxylation is 2. The third kappa shape index (κ3) is 3.30. The van der Waals surface area contributed by atoms with Crippen LogP contribution in [0.15, 0.2) is 40.3 Å². The van der Waals surface area contributed by atoms with Gasteiger partial charge in [0.25, 0.3) is 5.56 Å². The van der Waals surface area contributed by atoms with Gasteiger partial charge in [-0.2, -0.15) is 0 Å². The highest BCUT2D eigenvalue weighted by molar-refractivity contribution is 8.00. The van der Waals surface area contributed by atoms with Crippen LogP contribution in [0.4, 0.5) is 5.69 Å². The average Bonchev–Trinajstić information content (AvgIpc) is 2.83. The Morgan fingerprint density at radius 2 is 2.07 bits per heavy atom. The molecule has 0 N–H and O–H groups in total. The number of thioether (sulfide) groups is 1. The molecule has 0 spiro atoms. The second kappa shape index (κ2) is 7.13. The highest BCUT2D eigenvalue weighted by Gasteiger charge is 2.25. The van der Waals surface area contributed by atoms with E-state index in [1.807, 2.05) is 36.9 Å². The molecular weight excluding hydrogens is 378 g/mol. The van der Waals surface area contributed by atoms with Crippen LogP contribution in [0, 0.1) is 13.8 Å². The number of benzene rings is 1. The van der Waals surface area contributed by atoms with Crippen molar-refractivity contribution in [1.82, 2.24) is 9.55 Å². The van der Waals surface area contributed by atoms with Gasteiger partial charge in [0.15, 0.2) is 0 Å². The van der Waals surface area contributed by atoms with Gasteiger partial charge >= 0.3 is 0 Å². The van der Waals surface area contributed by atoms with Crippen molar-refractivity contribution in [2.75, 3.05) is 11.4 Å². The highest BCUT2D eigenvalue weighted by atomic mass is 32.2. The summed E-state index contributed by atoms with van der Waals surface area (Å²) in [5.74, 6) is -0.0787. The molecule has 2 aromatic heterocycles. The smallest absolute Gasteiger partial charge is 0.262 e. The Bertz CT molecular complexity index is 1090. The van der Waals surface area contributed by atoms with Crippen molar-refractivity contribution in [3.05, 3.63) is 51.4 Å². The van der Waals surface area contributed by atoms with Crippen molar-refractivity contribution in [1.29, 1.82) is 0 Å². The van der Waals surface area contributed by atoms with E-state index in [0.29, 0.717) is 17.2 Å². The van der Waals surface area contributed by atoms with Crippen molar-refractivity contribution in [3.8, 4) is 0 Å². The fraction of sp³-hybridized carbons (Fsp3) is 0.350. The first-order valence-electron chi connectivity index (χ1n) is 8.97. The molecule has 27 heavy (non-hydrogen) atoms. The zero-order valence-electron chi connectivity index (χ0n) is 15.6. The molecule has 1 aliphatic rings. The molecular formula is C20H21N3O2S2. The molecule has 0 fully saturated rings. The minimum Gasteiger partial charge on any atom is -0.310 e. The number of nitrogens with zero attached hydrogens (tertiary/aromatic N) is 3. The number of hydrogen-bond donors (Lipinski definition) is 0. The van der Waals surface area contributed by atoms with E-state index in [4.69, 9.17) is 0 Å². The number of rotatable bonds is 2. The molecule has 0 saturated heterocycles. The van der Waals surface area contributed by atoms with E-state index in [1.54, 1.807) is 11.8 Å². The molecule has 0 bridgehead atoms. The second-order valence-corrected chi connectivity index (χ2v) is 9.55. The van der Waals surface area contributed by atoms with Crippen LogP contribution >= 0.6 is 23.1 Å². The third-order valence-electron chi connectivity index (χ3n) is 5.01. The summed E-state index contributed by atoms with van der Waals surface area (Å²) in [6, 6.07) is 7.98. The van der Waals surface area contributed by atoms with E-state index in [0.717, 1.165) is 32.3 Å². The predicted molar refractivity (Wildman–Crippen MR) is 112 cm³/mol. The topological polar surface area (TPSA) is 55.2 Å². The molecule has 1 aromatic carbocycles. The van der Waals surface area contributed by atoms with E-state index < -0.39 is 0 Å². The standard InChI is InChI=1S/C20H21N3O2S2/c1-12-8-9-23(15-6-4-5-7-16(15)26-12)17(24)10-22-11-21-19-18(20(22)25)13(2)14(3)27-19/h4-7,11-12H,8-10H2,1-3H3/t12-/m1/s1. The quantitative estimate of drug-likeness (QED) is 0.654. The largest absolute Gasteiger partial charge is 0.310 e. The molecule has 0 saturated carbocycles. The van der Waals surface area contributed by atoms with E-state index in [2.05, 4.69) is 18.0 Å². The van der Waals surface area contributed by atoms with E-state index in [-0.39, 0.29) is 18.0 Å². The zero-order chi connectivity index (χ0) is 19.1. The number of carbonyl (C=O) groups excluding carboxylic acids is 1. The molecule has 4 rings (SSSR count). The first-order chi connectivity index (χ1) is 13.0. The molecule has 1 amide bonds. The van der Waals surface area contributed by atoms with E-state index in [1.165, 1.54) is 22.2 Å². The fourth-order valence-electron chi connectivity index (χ4n) is 3.36.